The van der Waals surface area contributed by atoms with Gasteiger partial charge in [-0.05, 0) is 84.0 Å². The van der Waals surface area contributed by atoms with Crippen molar-refractivity contribution in [2.24, 2.45) is 5.41 Å². The molecule has 1 amide bonds. The number of piperidine rings is 2. The SMILES string of the molecule is O=C(Nc1cc(N2CCC(F)(F)CC2)c2ccnn2c1)c1ccc(I)cc1N1CCC2(CC1)CC2. The summed E-state index contributed by atoms with van der Waals surface area (Å²) < 4.78 is 30.3. The molecular weight excluding hydrogens is 563 g/mol. The molecule has 1 N–H and O–H groups in total. The molecule has 6 rings (SSSR count). The van der Waals surface area contributed by atoms with Crippen LogP contribution in [0.3, 0.4) is 0 Å². The van der Waals surface area contributed by atoms with Crippen molar-refractivity contribution in [2.45, 2.75) is 44.4 Å². The van der Waals surface area contributed by atoms with Gasteiger partial charge in [0.05, 0.1) is 40.5 Å². The fourth-order valence-electron chi connectivity index (χ4n) is 5.46. The number of carbonyl (C=O) groups is 1. The smallest absolute Gasteiger partial charge is 0.257 e. The summed E-state index contributed by atoms with van der Waals surface area (Å²) in [6.45, 7) is 2.48. The summed E-state index contributed by atoms with van der Waals surface area (Å²) in [6, 6.07) is 9.70. The van der Waals surface area contributed by atoms with Crippen LogP contribution in [0.4, 0.5) is 25.8 Å². The highest BCUT2D eigenvalue weighted by Gasteiger charge is 2.44. The zero-order valence-corrected chi connectivity index (χ0v) is 21.6. The Bertz CT molecular complexity index is 1270. The Balaban J connectivity index is 1.27. The van der Waals surface area contributed by atoms with E-state index in [1.807, 2.05) is 29.2 Å². The summed E-state index contributed by atoms with van der Waals surface area (Å²) in [7, 11) is 0. The standard InChI is InChI=1S/C26H28F2IN5O/c27-26(28)8-13-33(14-9-26)23-16-19(17-34-21(23)3-10-30-34)31-24(35)20-2-1-18(29)15-22(20)32-11-6-25(4-5-25)7-12-32/h1-3,10,15-17H,4-9,11-14H2,(H,31,35). The highest BCUT2D eigenvalue weighted by molar-refractivity contribution is 14.1. The first-order valence-electron chi connectivity index (χ1n) is 12.3. The third-order valence-electron chi connectivity index (χ3n) is 7.91. The molecule has 0 radical (unpaired) electrons. The van der Waals surface area contributed by atoms with Gasteiger partial charge in [0, 0.05) is 42.6 Å². The minimum absolute atomic E-state index is 0.174. The minimum atomic E-state index is -2.62. The second-order valence-corrected chi connectivity index (χ2v) is 11.5. The van der Waals surface area contributed by atoms with Gasteiger partial charge in [-0.3, -0.25) is 4.79 Å². The fraction of sp³-hybridized carbons (Fsp3) is 0.462. The van der Waals surface area contributed by atoms with Gasteiger partial charge >= 0.3 is 0 Å². The van der Waals surface area contributed by atoms with E-state index in [2.05, 4.69) is 44.0 Å². The largest absolute Gasteiger partial charge is 0.371 e. The lowest BCUT2D eigenvalue weighted by Crippen LogP contribution is -2.39. The minimum Gasteiger partial charge on any atom is -0.371 e. The molecule has 2 saturated heterocycles. The zero-order chi connectivity index (χ0) is 24.2. The van der Waals surface area contributed by atoms with Crippen molar-refractivity contribution in [3.8, 4) is 0 Å². The molecule has 0 unspecified atom stereocenters. The first-order valence-corrected chi connectivity index (χ1v) is 13.3. The van der Waals surface area contributed by atoms with Crippen LogP contribution in [0.25, 0.3) is 5.52 Å². The van der Waals surface area contributed by atoms with Crippen molar-refractivity contribution in [1.82, 2.24) is 9.61 Å². The number of halogens is 3. The van der Waals surface area contributed by atoms with E-state index >= 15 is 0 Å². The number of nitrogens with zero attached hydrogens (tertiary/aromatic N) is 4. The summed E-state index contributed by atoms with van der Waals surface area (Å²) in [5.41, 5.74) is 4.43. The van der Waals surface area contributed by atoms with Crippen molar-refractivity contribution in [3.63, 3.8) is 0 Å². The van der Waals surface area contributed by atoms with E-state index in [-0.39, 0.29) is 31.8 Å². The number of rotatable bonds is 4. The summed E-state index contributed by atoms with van der Waals surface area (Å²) >= 11 is 2.30. The number of fused-ring (bicyclic) bond motifs is 1. The summed E-state index contributed by atoms with van der Waals surface area (Å²) in [5, 5.41) is 7.41. The van der Waals surface area contributed by atoms with Crippen LogP contribution in [0.15, 0.2) is 42.7 Å². The summed E-state index contributed by atoms with van der Waals surface area (Å²) in [5.74, 6) is -2.79. The number of carbonyl (C=O) groups excluding carboxylic acids is 1. The van der Waals surface area contributed by atoms with Crippen molar-refractivity contribution in [2.75, 3.05) is 41.3 Å². The van der Waals surface area contributed by atoms with Gasteiger partial charge in [-0.2, -0.15) is 5.10 Å². The molecule has 0 atom stereocenters. The van der Waals surface area contributed by atoms with Crippen LogP contribution >= 0.6 is 22.6 Å². The molecule has 0 bridgehead atoms. The number of hydrogen-bond acceptors (Lipinski definition) is 4. The molecule has 3 fully saturated rings. The topological polar surface area (TPSA) is 52.9 Å². The number of hydrogen-bond donors (Lipinski definition) is 1. The molecular formula is C26H28F2IN5O. The van der Waals surface area contributed by atoms with E-state index in [0.29, 0.717) is 16.7 Å². The Kier molecular flexibility index (Phi) is 5.65. The maximum absolute atomic E-state index is 13.7. The van der Waals surface area contributed by atoms with Gasteiger partial charge in [-0.25, -0.2) is 13.3 Å². The van der Waals surface area contributed by atoms with Gasteiger partial charge in [0.15, 0.2) is 0 Å². The highest BCUT2D eigenvalue weighted by Crippen LogP contribution is 2.54. The average Bonchev–Trinajstić information content (AvgIpc) is 3.41. The molecule has 4 heterocycles. The van der Waals surface area contributed by atoms with Crippen molar-refractivity contribution in [1.29, 1.82) is 0 Å². The zero-order valence-electron chi connectivity index (χ0n) is 19.4. The van der Waals surface area contributed by atoms with Crippen LogP contribution < -0.4 is 15.1 Å². The predicted octanol–water partition coefficient (Wildman–Crippen LogP) is 5.81. The van der Waals surface area contributed by atoms with Gasteiger partial charge < -0.3 is 15.1 Å². The van der Waals surface area contributed by atoms with Crippen LogP contribution in [0.5, 0.6) is 0 Å². The third kappa shape index (κ3) is 4.59. The molecule has 35 heavy (non-hydrogen) atoms. The van der Waals surface area contributed by atoms with Gasteiger partial charge in [0.1, 0.15) is 0 Å². The number of anilines is 3. The van der Waals surface area contributed by atoms with E-state index in [0.717, 1.165) is 33.6 Å². The predicted molar refractivity (Wildman–Crippen MR) is 142 cm³/mol. The lowest BCUT2D eigenvalue weighted by molar-refractivity contribution is -0.0220. The van der Waals surface area contributed by atoms with Crippen molar-refractivity contribution >= 4 is 51.1 Å². The molecule has 1 aliphatic carbocycles. The molecule has 1 aromatic carbocycles. The normalized spacial score (nSPS) is 20.9. The van der Waals surface area contributed by atoms with Crippen molar-refractivity contribution in [3.05, 3.63) is 51.9 Å². The fourth-order valence-corrected chi connectivity index (χ4v) is 5.94. The van der Waals surface area contributed by atoms with Crippen LogP contribution in [0.1, 0.15) is 48.9 Å². The maximum Gasteiger partial charge on any atom is 0.257 e. The Labute approximate surface area is 216 Å². The molecule has 2 aromatic heterocycles. The van der Waals surface area contributed by atoms with Gasteiger partial charge in [0.25, 0.3) is 11.8 Å². The molecule has 9 heteroatoms. The number of alkyl halides is 2. The highest BCUT2D eigenvalue weighted by atomic mass is 127. The number of nitrogens with one attached hydrogen (secondary N) is 1. The van der Waals surface area contributed by atoms with Gasteiger partial charge in [-0.1, -0.05) is 0 Å². The molecule has 3 aliphatic rings. The molecule has 3 aromatic rings. The van der Waals surface area contributed by atoms with E-state index in [9.17, 15) is 13.6 Å². The second-order valence-electron chi connectivity index (χ2n) is 10.2. The van der Waals surface area contributed by atoms with Crippen molar-refractivity contribution < 1.29 is 13.6 Å². The number of aromatic nitrogens is 2. The Morgan fingerprint density at radius 2 is 1.60 bits per heavy atom. The second kappa shape index (κ2) is 8.60. The summed E-state index contributed by atoms with van der Waals surface area (Å²) in [6.07, 6.45) is 8.17. The van der Waals surface area contributed by atoms with E-state index in [1.165, 1.54) is 25.7 Å². The van der Waals surface area contributed by atoms with Crippen LogP contribution in [-0.4, -0.2) is 47.6 Å². The lowest BCUT2D eigenvalue weighted by atomic mass is 9.93. The maximum atomic E-state index is 13.7. The van der Waals surface area contributed by atoms with Crippen LogP contribution in [0, 0.1) is 8.99 Å². The molecule has 6 nitrogen and oxygen atoms in total. The molecule has 1 spiro atoms. The first-order chi connectivity index (χ1) is 16.8. The Morgan fingerprint density at radius 1 is 0.914 bits per heavy atom. The first kappa shape index (κ1) is 23.0. The molecule has 1 saturated carbocycles. The summed E-state index contributed by atoms with van der Waals surface area (Å²) in [4.78, 5) is 17.8. The van der Waals surface area contributed by atoms with Crippen LogP contribution in [0.2, 0.25) is 0 Å². The number of pyridine rings is 1. The van der Waals surface area contributed by atoms with E-state index < -0.39 is 5.92 Å². The Morgan fingerprint density at radius 3 is 2.31 bits per heavy atom. The molecule has 184 valence electrons. The Hall–Kier alpha value is -2.43. The molecule has 2 aliphatic heterocycles. The lowest BCUT2D eigenvalue weighted by Gasteiger charge is -2.35. The monoisotopic (exact) mass is 591 g/mol. The van der Waals surface area contributed by atoms with Crippen LogP contribution in [-0.2, 0) is 0 Å². The number of benzene rings is 1. The van der Waals surface area contributed by atoms with E-state index in [4.69, 9.17) is 0 Å². The average molecular weight is 591 g/mol. The number of amides is 1. The van der Waals surface area contributed by atoms with E-state index in [1.54, 1.807) is 16.9 Å². The third-order valence-corrected chi connectivity index (χ3v) is 8.58. The van der Waals surface area contributed by atoms with Gasteiger partial charge in [-0.15, -0.1) is 0 Å². The van der Waals surface area contributed by atoms with Gasteiger partial charge in [0.2, 0.25) is 0 Å². The quantitative estimate of drug-likeness (QED) is 0.390.